The Kier molecular flexibility index (Phi) is 6.76. The van der Waals surface area contributed by atoms with Crippen LogP contribution in [0.2, 0.25) is 0 Å². The lowest BCUT2D eigenvalue weighted by atomic mass is 9.93. The van der Waals surface area contributed by atoms with Crippen LogP contribution >= 0.6 is 0 Å². The van der Waals surface area contributed by atoms with Crippen molar-refractivity contribution in [2.75, 3.05) is 6.61 Å². The lowest BCUT2D eigenvalue weighted by Gasteiger charge is -2.20. The van der Waals surface area contributed by atoms with Crippen molar-refractivity contribution in [3.05, 3.63) is 12.2 Å². The summed E-state index contributed by atoms with van der Waals surface area (Å²) < 4.78 is 4.74. The third-order valence-electron chi connectivity index (χ3n) is 3.20. The molecular weight excluding hydrogens is 262 g/mol. The van der Waals surface area contributed by atoms with E-state index in [1.807, 2.05) is 12.2 Å². The number of amides is 1. The van der Waals surface area contributed by atoms with Crippen molar-refractivity contribution in [3.8, 4) is 0 Å². The van der Waals surface area contributed by atoms with Gasteiger partial charge in [-0.3, -0.25) is 9.59 Å². The molecule has 0 aromatic rings. The minimum Gasteiger partial charge on any atom is -0.480 e. The summed E-state index contributed by atoms with van der Waals surface area (Å²) in [6.45, 7) is 1.95. The first-order chi connectivity index (χ1) is 9.54. The smallest absolute Gasteiger partial charge is 0.326 e. The van der Waals surface area contributed by atoms with E-state index < -0.39 is 18.0 Å². The van der Waals surface area contributed by atoms with Crippen molar-refractivity contribution in [1.29, 1.82) is 0 Å². The average molecular weight is 283 g/mol. The second-order valence-corrected chi connectivity index (χ2v) is 4.72. The van der Waals surface area contributed by atoms with E-state index in [0.29, 0.717) is 6.42 Å². The number of ether oxygens (including phenoxy) is 1. The highest BCUT2D eigenvalue weighted by Crippen LogP contribution is 2.18. The average Bonchev–Trinajstić information content (AvgIpc) is 2.44. The van der Waals surface area contributed by atoms with Gasteiger partial charge in [-0.15, -0.1) is 0 Å². The summed E-state index contributed by atoms with van der Waals surface area (Å²) in [5.74, 6) is -2.02. The molecule has 6 heteroatoms. The fourth-order valence-corrected chi connectivity index (χ4v) is 2.07. The van der Waals surface area contributed by atoms with Gasteiger partial charge in [0.15, 0.2) is 0 Å². The maximum Gasteiger partial charge on any atom is 0.326 e. The van der Waals surface area contributed by atoms with Crippen molar-refractivity contribution >= 4 is 17.8 Å². The van der Waals surface area contributed by atoms with Gasteiger partial charge in [-0.05, 0) is 32.6 Å². The SMILES string of the molecule is CCOC(=O)CC[C@H](NC(=O)C1CC=CCC1)C(=O)O. The third-order valence-corrected chi connectivity index (χ3v) is 3.20. The number of carboxylic acid groups (broad SMARTS) is 1. The van der Waals surface area contributed by atoms with Crippen LogP contribution in [0.1, 0.15) is 39.0 Å². The highest BCUT2D eigenvalue weighted by molar-refractivity contribution is 5.85. The van der Waals surface area contributed by atoms with E-state index in [2.05, 4.69) is 5.32 Å². The van der Waals surface area contributed by atoms with E-state index in [4.69, 9.17) is 9.84 Å². The Morgan fingerprint density at radius 3 is 2.70 bits per heavy atom. The van der Waals surface area contributed by atoms with E-state index in [1.165, 1.54) is 0 Å². The van der Waals surface area contributed by atoms with Crippen LogP contribution in [0, 0.1) is 5.92 Å². The normalized spacial score (nSPS) is 19.1. The summed E-state index contributed by atoms with van der Waals surface area (Å²) in [5, 5.41) is 11.6. The predicted molar refractivity (Wildman–Crippen MR) is 71.9 cm³/mol. The molecule has 0 heterocycles. The molecule has 0 bridgehead atoms. The standard InChI is InChI=1S/C14H21NO5/c1-2-20-12(16)9-8-11(14(18)19)15-13(17)10-6-4-3-5-7-10/h3-4,10-11H,2,5-9H2,1H3,(H,15,17)(H,18,19)/t10?,11-/m0/s1. The highest BCUT2D eigenvalue weighted by Gasteiger charge is 2.25. The predicted octanol–water partition coefficient (Wildman–Crippen LogP) is 1.26. The number of hydrogen-bond acceptors (Lipinski definition) is 4. The van der Waals surface area contributed by atoms with Gasteiger partial charge in [0.05, 0.1) is 6.61 Å². The molecule has 2 atom stereocenters. The first kappa shape index (κ1) is 16.2. The number of allylic oxidation sites excluding steroid dienone is 2. The summed E-state index contributed by atoms with van der Waals surface area (Å²) in [6.07, 6.45) is 6.17. The molecule has 1 aliphatic carbocycles. The zero-order chi connectivity index (χ0) is 15.0. The number of rotatable bonds is 7. The summed E-state index contributed by atoms with van der Waals surface area (Å²) in [6, 6.07) is -1.04. The Morgan fingerprint density at radius 2 is 2.15 bits per heavy atom. The first-order valence-electron chi connectivity index (χ1n) is 6.88. The zero-order valence-corrected chi connectivity index (χ0v) is 11.6. The molecule has 6 nitrogen and oxygen atoms in total. The molecule has 0 spiro atoms. The molecule has 1 amide bonds. The van der Waals surface area contributed by atoms with Crippen LogP contribution in [-0.4, -0.2) is 35.6 Å². The molecule has 112 valence electrons. The van der Waals surface area contributed by atoms with Crippen molar-refractivity contribution in [3.63, 3.8) is 0 Å². The molecule has 1 aliphatic rings. The van der Waals surface area contributed by atoms with Gasteiger partial charge in [0, 0.05) is 12.3 Å². The highest BCUT2D eigenvalue weighted by atomic mass is 16.5. The molecule has 1 unspecified atom stereocenters. The van der Waals surface area contributed by atoms with Crippen LogP contribution in [0.25, 0.3) is 0 Å². The Morgan fingerprint density at radius 1 is 1.40 bits per heavy atom. The molecule has 20 heavy (non-hydrogen) atoms. The molecule has 0 saturated heterocycles. The van der Waals surface area contributed by atoms with E-state index in [1.54, 1.807) is 6.92 Å². The van der Waals surface area contributed by atoms with Crippen molar-refractivity contribution in [1.82, 2.24) is 5.32 Å². The molecule has 0 radical (unpaired) electrons. The second-order valence-electron chi connectivity index (χ2n) is 4.72. The Hall–Kier alpha value is -1.85. The Bertz CT molecular complexity index is 391. The number of nitrogens with one attached hydrogen (secondary N) is 1. The summed E-state index contributed by atoms with van der Waals surface area (Å²) in [5.41, 5.74) is 0. The first-order valence-corrected chi connectivity index (χ1v) is 6.88. The molecule has 1 rings (SSSR count). The molecule has 0 aromatic heterocycles. The molecule has 0 fully saturated rings. The van der Waals surface area contributed by atoms with Crippen molar-refractivity contribution in [2.24, 2.45) is 5.92 Å². The number of carbonyl (C=O) groups excluding carboxylic acids is 2. The van der Waals surface area contributed by atoms with Gasteiger partial charge in [0.2, 0.25) is 5.91 Å². The Balaban J connectivity index is 2.45. The van der Waals surface area contributed by atoms with Crippen LogP contribution in [0.15, 0.2) is 12.2 Å². The minimum atomic E-state index is -1.13. The topological polar surface area (TPSA) is 92.7 Å². The van der Waals surface area contributed by atoms with Crippen molar-refractivity contribution < 1.29 is 24.2 Å². The molecular formula is C14H21NO5. The Labute approximate surface area is 118 Å². The lowest BCUT2D eigenvalue weighted by Crippen LogP contribution is -2.44. The van der Waals surface area contributed by atoms with Gasteiger partial charge in [0.1, 0.15) is 6.04 Å². The number of aliphatic carboxylic acids is 1. The number of hydrogen-bond donors (Lipinski definition) is 2. The van der Waals surface area contributed by atoms with Crippen molar-refractivity contribution in [2.45, 2.75) is 45.1 Å². The number of esters is 1. The summed E-state index contributed by atoms with van der Waals surface area (Å²) >= 11 is 0. The quantitative estimate of drug-likeness (QED) is 0.542. The maximum atomic E-state index is 12.0. The van der Waals surface area contributed by atoms with E-state index in [0.717, 1.165) is 12.8 Å². The fourth-order valence-electron chi connectivity index (χ4n) is 2.07. The van der Waals surface area contributed by atoms with E-state index in [-0.39, 0.29) is 31.3 Å². The second kappa shape index (κ2) is 8.35. The maximum absolute atomic E-state index is 12.0. The molecule has 0 aliphatic heterocycles. The molecule has 0 saturated carbocycles. The van der Waals surface area contributed by atoms with Gasteiger partial charge in [-0.2, -0.15) is 0 Å². The van der Waals surface area contributed by atoms with Gasteiger partial charge in [-0.25, -0.2) is 4.79 Å². The van der Waals surface area contributed by atoms with Gasteiger partial charge in [-0.1, -0.05) is 12.2 Å². The summed E-state index contributed by atoms with van der Waals surface area (Å²) in [7, 11) is 0. The fraction of sp³-hybridized carbons (Fsp3) is 0.643. The van der Waals surface area contributed by atoms with Crippen LogP contribution < -0.4 is 5.32 Å². The monoisotopic (exact) mass is 283 g/mol. The van der Waals surface area contributed by atoms with Crippen LogP contribution in [0.3, 0.4) is 0 Å². The molecule has 2 N–H and O–H groups in total. The summed E-state index contributed by atoms with van der Waals surface area (Å²) in [4.78, 5) is 34.3. The number of carboxylic acids is 1. The van der Waals surface area contributed by atoms with Crippen LogP contribution in [0.5, 0.6) is 0 Å². The van der Waals surface area contributed by atoms with E-state index in [9.17, 15) is 14.4 Å². The molecule has 0 aromatic carbocycles. The third kappa shape index (κ3) is 5.42. The largest absolute Gasteiger partial charge is 0.480 e. The lowest BCUT2D eigenvalue weighted by molar-refractivity contribution is -0.145. The minimum absolute atomic E-state index is 0.0182. The van der Waals surface area contributed by atoms with Crippen LogP contribution in [0.4, 0.5) is 0 Å². The van der Waals surface area contributed by atoms with Gasteiger partial charge < -0.3 is 15.2 Å². The zero-order valence-electron chi connectivity index (χ0n) is 11.6. The van der Waals surface area contributed by atoms with Crippen LogP contribution in [-0.2, 0) is 19.1 Å². The van der Waals surface area contributed by atoms with Gasteiger partial charge in [0.25, 0.3) is 0 Å². The number of carbonyl (C=O) groups is 3. The van der Waals surface area contributed by atoms with E-state index >= 15 is 0 Å². The van der Waals surface area contributed by atoms with Gasteiger partial charge >= 0.3 is 11.9 Å².